The molecular formula is C13H9N3O6. The van der Waals surface area contributed by atoms with Crippen LogP contribution in [0.2, 0.25) is 0 Å². The number of carboxylic acids is 2. The smallest absolute Gasteiger partial charge is 0.356 e. The van der Waals surface area contributed by atoms with Crippen molar-refractivity contribution >= 4 is 29.0 Å². The Balaban J connectivity index is 2.61. The Bertz CT molecular complexity index is 742. The average Bonchev–Trinajstić information content (AvgIpc) is 2.47. The summed E-state index contributed by atoms with van der Waals surface area (Å²) in [5.74, 6) is -2.84. The van der Waals surface area contributed by atoms with E-state index in [4.69, 9.17) is 10.2 Å². The number of carboxylic acid groups (broad SMARTS) is 2. The van der Waals surface area contributed by atoms with Gasteiger partial charge in [-0.05, 0) is 12.1 Å². The number of hydrogen-bond acceptors (Lipinski definition) is 6. The van der Waals surface area contributed by atoms with Gasteiger partial charge in [-0.3, -0.25) is 10.1 Å². The van der Waals surface area contributed by atoms with E-state index >= 15 is 0 Å². The second-order valence-electron chi connectivity index (χ2n) is 4.09. The number of hydrogen-bond donors (Lipinski definition) is 3. The highest BCUT2D eigenvalue weighted by atomic mass is 16.6. The topological polar surface area (TPSA) is 143 Å². The number of aromatic nitrogens is 1. The molecule has 0 atom stereocenters. The Morgan fingerprint density at radius 2 is 1.82 bits per heavy atom. The standard InChI is InChI=1S/C13H9N3O6/c17-12(18)7-5-6-14-11(13(19)20)10(7)15-8-3-1-2-4-9(8)16(21)22/h1-6,15H,(H,17,18)(H,19,20). The molecule has 2 rings (SSSR count). The minimum absolute atomic E-state index is 0.0366. The molecule has 0 fully saturated rings. The molecule has 0 aliphatic heterocycles. The molecule has 0 aliphatic carbocycles. The molecule has 9 nitrogen and oxygen atoms in total. The third-order valence-electron chi connectivity index (χ3n) is 2.74. The summed E-state index contributed by atoms with van der Waals surface area (Å²) in [4.78, 5) is 36.3. The maximum Gasteiger partial charge on any atom is 0.356 e. The number of nitro groups is 1. The molecule has 0 saturated carbocycles. The highest BCUT2D eigenvalue weighted by Crippen LogP contribution is 2.30. The first-order valence-electron chi connectivity index (χ1n) is 5.88. The van der Waals surface area contributed by atoms with Gasteiger partial charge in [0.1, 0.15) is 5.69 Å². The van der Waals surface area contributed by atoms with Gasteiger partial charge in [-0.25, -0.2) is 14.6 Å². The van der Waals surface area contributed by atoms with Gasteiger partial charge in [0, 0.05) is 12.3 Å². The number of anilines is 2. The molecule has 0 aliphatic rings. The second kappa shape index (κ2) is 5.87. The number of carbonyl (C=O) groups is 2. The normalized spacial score (nSPS) is 10.0. The van der Waals surface area contributed by atoms with E-state index in [1.54, 1.807) is 0 Å². The number of rotatable bonds is 5. The predicted molar refractivity (Wildman–Crippen MR) is 74.5 cm³/mol. The summed E-state index contributed by atoms with van der Waals surface area (Å²) in [6.45, 7) is 0. The predicted octanol–water partition coefficient (Wildman–Crippen LogP) is 2.13. The van der Waals surface area contributed by atoms with E-state index < -0.39 is 22.6 Å². The first-order valence-corrected chi connectivity index (χ1v) is 5.88. The van der Waals surface area contributed by atoms with Crippen LogP contribution in [0.4, 0.5) is 17.1 Å². The molecule has 0 saturated heterocycles. The largest absolute Gasteiger partial charge is 0.478 e. The monoisotopic (exact) mass is 303 g/mol. The SMILES string of the molecule is O=C(O)c1ccnc(C(=O)O)c1Nc1ccccc1[N+](=O)[O-]. The van der Waals surface area contributed by atoms with Crippen LogP contribution in [-0.2, 0) is 0 Å². The van der Waals surface area contributed by atoms with Crippen LogP contribution in [0.15, 0.2) is 36.5 Å². The van der Waals surface area contributed by atoms with E-state index in [9.17, 15) is 19.7 Å². The molecule has 1 heterocycles. The van der Waals surface area contributed by atoms with Crippen LogP contribution in [0.5, 0.6) is 0 Å². The molecule has 0 unspecified atom stereocenters. The molecule has 1 aromatic heterocycles. The molecule has 0 spiro atoms. The lowest BCUT2D eigenvalue weighted by Crippen LogP contribution is -2.11. The fourth-order valence-corrected chi connectivity index (χ4v) is 1.80. The van der Waals surface area contributed by atoms with Crippen molar-refractivity contribution in [1.82, 2.24) is 4.98 Å². The summed E-state index contributed by atoms with van der Waals surface area (Å²) in [5, 5.41) is 31.7. The molecule has 112 valence electrons. The van der Waals surface area contributed by atoms with Crippen LogP contribution < -0.4 is 5.32 Å². The summed E-state index contributed by atoms with van der Waals surface area (Å²) in [7, 11) is 0. The molecule has 0 amide bonds. The van der Waals surface area contributed by atoms with Gasteiger partial charge >= 0.3 is 11.9 Å². The number of aromatic carboxylic acids is 2. The zero-order chi connectivity index (χ0) is 16.3. The summed E-state index contributed by atoms with van der Waals surface area (Å²) in [6, 6.07) is 6.57. The summed E-state index contributed by atoms with van der Waals surface area (Å²) in [6.07, 6.45) is 1.04. The van der Waals surface area contributed by atoms with Crippen LogP contribution >= 0.6 is 0 Å². The van der Waals surface area contributed by atoms with Crippen molar-refractivity contribution in [3.05, 3.63) is 57.9 Å². The lowest BCUT2D eigenvalue weighted by Gasteiger charge is -2.11. The minimum Gasteiger partial charge on any atom is -0.478 e. The summed E-state index contributed by atoms with van der Waals surface area (Å²) in [5.41, 5.74) is -1.58. The van der Waals surface area contributed by atoms with Crippen LogP contribution in [-0.4, -0.2) is 32.1 Å². The molecule has 0 radical (unpaired) electrons. The van der Waals surface area contributed by atoms with Crippen molar-refractivity contribution in [1.29, 1.82) is 0 Å². The van der Waals surface area contributed by atoms with Gasteiger partial charge in [0.25, 0.3) is 5.69 Å². The van der Waals surface area contributed by atoms with E-state index in [0.717, 1.165) is 12.3 Å². The fraction of sp³-hybridized carbons (Fsp3) is 0. The van der Waals surface area contributed by atoms with Crippen LogP contribution in [0, 0.1) is 10.1 Å². The Kier molecular flexibility index (Phi) is 3.98. The second-order valence-corrected chi connectivity index (χ2v) is 4.09. The average molecular weight is 303 g/mol. The van der Waals surface area contributed by atoms with Crippen LogP contribution in [0.3, 0.4) is 0 Å². The van der Waals surface area contributed by atoms with Gasteiger partial charge in [-0.15, -0.1) is 0 Å². The summed E-state index contributed by atoms with van der Waals surface area (Å²) < 4.78 is 0. The highest BCUT2D eigenvalue weighted by Gasteiger charge is 2.22. The van der Waals surface area contributed by atoms with Crippen LogP contribution in [0.1, 0.15) is 20.8 Å². The van der Waals surface area contributed by atoms with Crippen molar-refractivity contribution in [3.8, 4) is 0 Å². The van der Waals surface area contributed by atoms with Gasteiger partial charge in [0.05, 0.1) is 16.2 Å². The highest BCUT2D eigenvalue weighted by molar-refractivity contribution is 6.03. The molecule has 0 bridgehead atoms. The van der Waals surface area contributed by atoms with E-state index in [2.05, 4.69) is 10.3 Å². The Labute approximate surface area is 123 Å². The lowest BCUT2D eigenvalue weighted by molar-refractivity contribution is -0.383. The molecule has 9 heteroatoms. The lowest BCUT2D eigenvalue weighted by atomic mass is 10.1. The van der Waals surface area contributed by atoms with Crippen molar-refractivity contribution in [2.75, 3.05) is 5.32 Å². The van der Waals surface area contributed by atoms with E-state index in [-0.39, 0.29) is 22.6 Å². The third-order valence-corrected chi connectivity index (χ3v) is 2.74. The number of nitrogens with one attached hydrogen (secondary N) is 1. The van der Waals surface area contributed by atoms with Crippen molar-refractivity contribution < 1.29 is 24.7 Å². The van der Waals surface area contributed by atoms with Gasteiger partial charge in [-0.1, -0.05) is 12.1 Å². The van der Waals surface area contributed by atoms with Gasteiger partial charge in [0.2, 0.25) is 0 Å². The molecule has 1 aromatic carbocycles. The van der Waals surface area contributed by atoms with Gasteiger partial charge < -0.3 is 15.5 Å². The zero-order valence-electron chi connectivity index (χ0n) is 10.9. The van der Waals surface area contributed by atoms with Gasteiger partial charge in [-0.2, -0.15) is 0 Å². The number of nitro benzene ring substituents is 1. The van der Waals surface area contributed by atoms with Crippen molar-refractivity contribution in [2.45, 2.75) is 0 Å². The number of pyridine rings is 1. The van der Waals surface area contributed by atoms with Gasteiger partial charge in [0.15, 0.2) is 5.69 Å². The Morgan fingerprint density at radius 1 is 1.14 bits per heavy atom. The summed E-state index contributed by atoms with van der Waals surface area (Å²) >= 11 is 0. The van der Waals surface area contributed by atoms with E-state index in [0.29, 0.717) is 0 Å². The number of nitrogens with zero attached hydrogens (tertiary/aromatic N) is 2. The van der Waals surface area contributed by atoms with Crippen molar-refractivity contribution in [2.24, 2.45) is 0 Å². The molecule has 22 heavy (non-hydrogen) atoms. The maximum absolute atomic E-state index is 11.2. The molecular weight excluding hydrogens is 294 g/mol. The molecule has 2 aromatic rings. The fourth-order valence-electron chi connectivity index (χ4n) is 1.80. The first-order chi connectivity index (χ1) is 10.4. The van der Waals surface area contributed by atoms with Crippen molar-refractivity contribution in [3.63, 3.8) is 0 Å². The zero-order valence-corrected chi connectivity index (χ0v) is 10.9. The maximum atomic E-state index is 11.2. The van der Waals surface area contributed by atoms with Crippen LogP contribution in [0.25, 0.3) is 0 Å². The Hall–Kier alpha value is -3.49. The number of benzene rings is 1. The number of para-hydroxylation sites is 2. The molecule has 3 N–H and O–H groups in total. The Morgan fingerprint density at radius 3 is 2.41 bits per heavy atom. The minimum atomic E-state index is -1.45. The van der Waals surface area contributed by atoms with E-state index in [1.807, 2.05) is 0 Å². The third kappa shape index (κ3) is 2.82. The first kappa shape index (κ1) is 14.9. The van der Waals surface area contributed by atoms with E-state index in [1.165, 1.54) is 24.3 Å². The quantitative estimate of drug-likeness (QED) is 0.563.